The minimum absolute atomic E-state index is 0.0538. The molecule has 0 atom stereocenters. The van der Waals surface area contributed by atoms with Crippen LogP contribution in [0.25, 0.3) is 5.69 Å². The summed E-state index contributed by atoms with van der Waals surface area (Å²) in [5, 5.41) is 15.1. The molecule has 1 heterocycles. The quantitative estimate of drug-likeness (QED) is 0.661. The van der Waals surface area contributed by atoms with E-state index in [1.165, 1.54) is 12.1 Å². The summed E-state index contributed by atoms with van der Waals surface area (Å²) in [6, 6.07) is 4.72. The third-order valence-corrected chi connectivity index (χ3v) is 2.87. The highest BCUT2D eigenvalue weighted by atomic mass is 16.6. The predicted octanol–water partition coefficient (Wildman–Crippen LogP) is 1.86. The zero-order valence-electron chi connectivity index (χ0n) is 10.3. The highest BCUT2D eigenvalue weighted by Crippen LogP contribution is 2.21. The molecule has 0 bridgehead atoms. The van der Waals surface area contributed by atoms with Gasteiger partial charge in [-0.2, -0.15) is 5.10 Å². The number of hydrogen-bond acceptors (Lipinski definition) is 4. The van der Waals surface area contributed by atoms with E-state index >= 15 is 0 Å². The second kappa shape index (κ2) is 4.58. The van der Waals surface area contributed by atoms with Crippen LogP contribution in [0.1, 0.15) is 16.8 Å². The van der Waals surface area contributed by atoms with Gasteiger partial charge in [0.2, 0.25) is 0 Å². The van der Waals surface area contributed by atoms with E-state index in [0.29, 0.717) is 12.2 Å². The fourth-order valence-electron chi connectivity index (χ4n) is 1.78. The number of nitrogens with zero attached hydrogens (tertiary/aromatic N) is 3. The first-order valence-corrected chi connectivity index (χ1v) is 5.53. The molecule has 0 amide bonds. The van der Waals surface area contributed by atoms with Crippen molar-refractivity contribution in [1.82, 2.24) is 9.78 Å². The average Bonchev–Trinajstić information content (AvgIpc) is 2.70. The van der Waals surface area contributed by atoms with Crippen LogP contribution >= 0.6 is 0 Å². The first-order chi connectivity index (χ1) is 8.52. The maximum absolute atomic E-state index is 10.8. The Morgan fingerprint density at radius 1 is 1.44 bits per heavy atom. The van der Waals surface area contributed by atoms with E-state index in [-0.39, 0.29) is 5.69 Å². The van der Waals surface area contributed by atoms with E-state index in [1.807, 2.05) is 13.8 Å². The van der Waals surface area contributed by atoms with Crippen LogP contribution in [0.3, 0.4) is 0 Å². The van der Waals surface area contributed by atoms with E-state index in [2.05, 4.69) is 5.10 Å². The van der Waals surface area contributed by atoms with E-state index in [1.54, 1.807) is 16.9 Å². The van der Waals surface area contributed by atoms with Gasteiger partial charge in [0, 0.05) is 30.4 Å². The van der Waals surface area contributed by atoms with Crippen LogP contribution in [0.2, 0.25) is 0 Å². The van der Waals surface area contributed by atoms with Crippen molar-refractivity contribution >= 4 is 5.69 Å². The number of nitro groups is 1. The lowest BCUT2D eigenvalue weighted by molar-refractivity contribution is -0.384. The summed E-state index contributed by atoms with van der Waals surface area (Å²) in [7, 11) is 0. The highest BCUT2D eigenvalue weighted by molar-refractivity contribution is 5.48. The van der Waals surface area contributed by atoms with E-state index < -0.39 is 4.92 Å². The molecule has 0 aliphatic heterocycles. The molecule has 0 aliphatic rings. The summed E-state index contributed by atoms with van der Waals surface area (Å²) in [6.07, 6.45) is 1.81. The molecule has 0 fully saturated rings. The number of nitro benzene ring substituents is 1. The molecule has 94 valence electrons. The summed E-state index contributed by atoms with van der Waals surface area (Å²) in [5.74, 6) is 0. The monoisotopic (exact) mass is 246 g/mol. The van der Waals surface area contributed by atoms with Gasteiger partial charge in [0.15, 0.2) is 0 Å². The van der Waals surface area contributed by atoms with Crippen LogP contribution < -0.4 is 5.73 Å². The fraction of sp³-hybridized carbons (Fsp3) is 0.250. The van der Waals surface area contributed by atoms with E-state index in [4.69, 9.17) is 5.73 Å². The maximum atomic E-state index is 10.8. The molecule has 1 aromatic heterocycles. The Hall–Kier alpha value is -2.21. The summed E-state index contributed by atoms with van der Waals surface area (Å²) < 4.78 is 1.64. The topological polar surface area (TPSA) is 87.0 Å². The van der Waals surface area contributed by atoms with Crippen molar-refractivity contribution in [2.75, 3.05) is 0 Å². The molecule has 2 aromatic rings. The number of non-ortho nitro benzene ring substituents is 1. The third-order valence-electron chi connectivity index (χ3n) is 2.87. The van der Waals surface area contributed by atoms with Crippen molar-refractivity contribution in [2.45, 2.75) is 20.4 Å². The maximum Gasteiger partial charge on any atom is 0.271 e. The van der Waals surface area contributed by atoms with Crippen LogP contribution in [0, 0.1) is 24.0 Å². The predicted molar refractivity (Wildman–Crippen MR) is 67.6 cm³/mol. The minimum atomic E-state index is -0.414. The van der Waals surface area contributed by atoms with Gasteiger partial charge in [-0.05, 0) is 19.4 Å². The molecule has 0 spiro atoms. The van der Waals surface area contributed by atoms with Crippen molar-refractivity contribution in [3.05, 3.63) is 51.3 Å². The van der Waals surface area contributed by atoms with Crippen LogP contribution in [0.4, 0.5) is 5.69 Å². The lowest BCUT2D eigenvalue weighted by Crippen LogP contribution is -1.99. The van der Waals surface area contributed by atoms with Crippen molar-refractivity contribution in [2.24, 2.45) is 5.73 Å². The lowest BCUT2D eigenvalue weighted by Gasteiger charge is -2.05. The molecule has 0 unspecified atom stereocenters. The standard InChI is InChI=1S/C12H14N4O2/c1-8-3-4-11(16(17)18)5-12(8)15-7-10(6-13)9(2)14-15/h3-5,7H,6,13H2,1-2H3. The van der Waals surface area contributed by atoms with Crippen molar-refractivity contribution in [3.63, 3.8) is 0 Å². The van der Waals surface area contributed by atoms with E-state index in [0.717, 1.165) is 16.8 Å². The Balaban J connectivity index is 2.55. The molecule has 0 aliphatic carbocycles. The molecular weight excluding hydrogens is 232 g/mol. The van der Waals surface area contributed by atoms with Gasteiger partial charge >= 0.3 is 0 Å². The summed E-state index contributed by atoms with van der Waals surface area (Å²) in [6.45, 7) is 4.16. The molecule has 18 heavy (non-hydrogen) atoms. The minimum Gasteiger partial charge on any atom is -0.326 e. The van der Waals surface area contributed by atoms with Crippen molar-refractivity contribution in [3.8, 4) is 5.69 Å². The number of aromatic nitrogens is 2. The Labute approximate surface area is 104 Å². The molecule has 0 radical (unpaired) electrons. The molecule has 0 saturated heterocycles. The summed E-state index contributed by atoms with van der Waals surface area (Å²) >= 11 is 0. The largest absolute Gasteiger partial charge is 0.326 e. The van der Waals surface area contributed by atoms with Gasteiger partial charge in [-0.15, -0.1) is 0 Å². The summed E-state index contributed by atoms with van der Waals surface area (Å²) in [4.78, 5) is 10.4. The van der Waals surface area contributed by atoms with Gasteiger partial charge in [0.05, 0.1) is 16.3 Å². The number of aryl methyl sites for hydroxylation is 2. The number of nitrogens with two attached hydrogens (primary N) is 1. The average molecular weight is 246 g/mol. The Morgan fingerprint density at radius 3 is 2.72 bits per heavy atom. The normalized spacial score (nSPS) is 10.6. The molecule has 0 saturated carbocycles. The van der Waals surface area contributed by atoms with Crippen LogP contribution in [-0.2, 0) is 6.54 Å². The van der Waals surface area contributed by atoms with Gasteiger partial charge < -0.3 is 5.73 Å². The smallest absolute Gasteiger partial charge is 0.271 e. The fourth-order valence-corrected chi connectivity index (χ4v) is 1.78. The molecule has 2 rings (SSSR count). The Bertz CT molecular complexity index is 604. The molecular formula is C12H14N4O2. The third kappa shape index (κ3) is 2.10. The molecule has 1 aromatic carbocycles. The van der Waals surface area contributed by atoms with Crippen LogP contribution in [0.15, 0.2) is 24.4 Å². The first-order valence-electron chi connectivity index (χ1n) is 5.53. The summed E-state index contributed by atoms with van der Waals surface area (Å²) in [5.41, 5.74) is 9.04. The van der Waals surface area contributed by atoms with Gasteiger partial charge in [-0.1, -0.05) is 6.07 Å². The van der Waals surface area contributed by atoms with Crippen molar-refractivity contribution < 1.29 is 4.92 Å². The van der Waals surface area contributed by atoms with Gasteiger partial charge in [-0.25, -0.2) is 4.68 Å². The van der Waals surface area contributed by atoms with Crippen molar-refractivity contribution in [1.29, 1.82) is 0 Å². The number of benzene rings is 1. The Kier molecular flexibility index (Phi) is 3.12. The van der Waals surface area contributed by atoms with E-state index in [9.17, 15) is 10.1 Å². The lowest BCUT2D eigenvalue weighted by atomic mass is 10.2. The second-order valence-electron chi connectivity index (χ2n) is 4.12. The van der Waals surface area contributed by atoms with Crippen LogP contribution in [-0.4, -0.2) is 14.7 Å². The van der Waals surface area contributed by atoms with Gasteiger partial charge in [0.25, 0.3) is 5.69 Å². The number of hydrogen-bond donors (Lipinski definition) is 1. The Morgan fingerprint density at radius 2 is 2.17 bits per heavy atom. The first kappa shape index (κ1) is 12.3. The van der Waals surface area contributed by atoms with Crippen LogP contribution in [0.5, 0.6) is 0 Å². The highest BCUT2D eigenvalue weighted by Gasteiger charge is 2.12. The van der Waals surface area contributed by atoms with Gasteiger partial charge in [-0.3, -0.25) is 10.1 Å². The second-order valence-corrected chi connectivity index (χ2v) is 4.12. The SMILES string of the molecule is Cc1ccc([N+](=O)[O-])cc1-n1cc(CN)c(C)n1. The number of rotatable bonds is 3. The zero-order valence-corrected chi connectivity index (χ0v) is 10.3. The zero-order chi connectivity index (χ0) is 13.3. The van der Waals surface area contributed by atoms with Gasteiger partial charge in [0.1, 0.15) is 0 Å². The molecule has 6 heteroatoms. The molecule has 2 N–H and O–H groups in total. The molecule has 6 nitrogen and oxygen atoms in total.